The summed E-state index contributed by atoms with van der Waals surface area (Å²) in [5, 5.41) is 0. The molecule has 0 N–H and O–H groups in total. The minimum atomic E-state index is -0.184. The average molecular weight is 374 g/mol. The maximum atomic E-state index is 12.7. The van der Waals surface area contributed by atoms with Gasteiger partial charge in [0.2, 0.25) is 11.8 Å². The van der Waals surface area contributed by atoms with Crippen LogP contribution in [0, 0.1) is 11.8 Å². The van der Waals surface area contributed by atoms with E-state index in [2.05, 4.69) is 6.92 Å². The lowest BCUT2D eigenvalue weighted by Gasteiger charge is -2.32. The molecule has 1 unspecified atom stereocenters. The second-order valence-electron chi connectivity index (χ2n) is 7.69. The van der Waals surface area contributed by atoms with Crippen LogP contribution in [0.5, 0.6) is 11.5 Å². The number of ether oxygens (including phenoxy) is 2. The van der Waals surface area contributed by atoms with Gasteiger partial charge in [-0.15, -0.1) is 0 Å². The van der Waals surface area contributed by atoms with Gasteiger partial charge in [0.05, 0.1) is 20.1 Å². The molecule has 148 valence electrons. The monoisotopic (exact) mass is 374 g/mol. The lowest BCUT2D eigenvalue weighted by molar-refractivity contribution is -0.137. The molecule has 0 aromatic heterocycles. The molecule has 2 saturated heterocycles. The van der Waals surface area contributed by atoms with Crippen molar-refractivity contribution in [1.82, 2.24) is 9.80 Å². The molecule has 2 fully saturated rings. The Hall–Kier alpha value is -2.24. The van der Waals surface area contributed by atoms with Crippen molar-refractivity contribution in [1.29, 1.82) is 0 Å². The number of amides is 2. The summed E-state index contributed by atoms with van der Waals surface area (Å²) in [5.74, 6) is 2.13. The summed E-state index contributed by atoms with van der Waals surface area (Å²) in [6.45, 7) is 5.05. The third kappa shape index (κ3) is 4.54. The summed E-state index contributed by atoms with van der Waals surface area (Å²) >= 11 is 0. The fourth-order valence-electron chi connectivity index (χ4n) is 3.94. The molecule has 0 saturated carbocycles. The van der Waals surface area contributed by atoms with Crippen LogP contribution in [0.4, 0.5) is 0 Å². The number of hydrogen-bond donors (Lipinski definition) is 0. The Morgan fingerprint density at radius 1 is 1.15 bits per heavy atom. The van der Waals surface area contributed by atoms with Gasteiger partial charge in [-0.3, -0.25) is 9.59 Å². The van der Waals surface area contributed by atoms with Gasteiger partial charge in [0.15, 0.2) is 11.5 Å². The smallest absolute Gasteiger partial charge is 0.227 e. The van der Waals surface area contributed by atoms with Crippen LogP contribution in [0.25, 0.3) is 0 Å². The summed E-state index contributed by atoms with van der Waals surface area (Å²) in [4.78, 5) is 28.9. The van der Waals surface area contributed by atoms with E-state index in [4.69, 9.17) is 9.47 Å². The molecule has 0 radical (unpaired) electrons. The number of hydrogen-bond acceptors (Lipinski definition) is 4. The Morgan fingerprint density at radius 2 is 1.85 bits per heavy atom. The van der Waals surface area contributed by atoms with Gasteiger partial charge in [-0.2, -0.15) is 0 Å². The van der Waals surface area contributed by atoms with Crippen LogP contribution in [0.15, 0.2) is 18.2 Å². The summed E-state index contributed by atoms with van der Waals surface area (Å²) in [6, 6.07) is 5.81. The van der Waals surface area contributed by atoms with E-state index in [1.807, 2.05) is 28.0 Å². The molecule has 2 heterocycles. The molecule has 0 aliphatic carbocycles. The quantitative estimate of drug-likeness (QED) is 0.767. The van der Waals surface area contributed by atoms with Crippen LogP contribution < -0.4 is 9.47 Å². The molecular weight excluding hydrogens is 344 g/mol. The summed E-state index contributed by atoms with van der Waals surface area (Å²) < 4.78 is 10.6. The number of likely N-dealkylation sites (tertiary alicyclic amines) is 2. The van der Waals surface area contributed by atoms with Crippen LogP contribution in [0.1, 0.15) is 31.7 Å². The molecular formula is C21H30N2O4. The van der Waals surface area contributed by atoms with Crippen LogP contribution in [-0.4, -0.2) is 62.0 Å². The van der Waals surface area contributed by atoms with E-state index in [1.54, 1.807) is 14.2 Å². The van der Waals surface area contributed by atoms with E-state index < -0.39 is 0 Å². The molecule has 2 aliphatic rings. The van der Waals surface area contributed by atoms with E-state index in [1.165, 1.54) is 0 Å². The van der Waals surface area contributed by atoms with Crippen LogP contribution in [0.2, 0.25) is 0 Å². The molecule has 6 heteroatoms. The lowest BCUT2D eigenvalue weighted by Crippen LogP contribution is -2.42. The zero-order chi connectivity index (χ0) is 19.4. The maximum absolute atomic E-state index is 12.7. The van der Waals surface area contributed by atoms with Crippen molar-refractivity contribution in [3.8, 4) is 11.5 Å². The van der Waals surface area contributed by atoms with Crippen molar-refractivity contribution in [2.45, 2.75) is 32.6 Å². The van der Waals surface area contributed by atoms with Crippen molar-refractivity contribution in [2.24, 2.45) is 11.8 Å². The number of rotatable bonds is 6. The molecule has 27 heavy (non-hydrogen) atoms. The number of piperidine rings is 1. The summed E-state index contributed by atoms with van der Waals surface area (Å²) in [7, 11) is 3.23. The Labute approximate surface area is 161 Å². The van der Waals surface area contributed by atoms with Crippen molar-refractivity contribution >= 4 is 11.8 Å². The summed E-state index contributed by atoms with van der Waals surface area (Å²) in [5.41, 5.74) is 1.08. The van der Waals surface area contributed by atoms with E-state index in [9.17, 15) is 9.59 Å². The standard InChI is InChI=1S/C21H30N2O4/c1-15-6-9-22(10-7-15)21(25)17-13-20(24)23(14-17)11-8-16-4-5-18(26-2)19(12-16)27-3/h4-5,12,15,17H,6-11,13-14H2,1-3H3. The zero-order valence-electron chi connectivity index (χ0n) is 16.6. The predicted octanol–water partition coefficient (Wildman–Crippen LogP) is 2.35. The first-order chi connectivity index (χ1) is 13.0. The number of carbonyl (C=O) groups excluding carboxylic acids is 2. The zero-order valence-corrected chi connectivity index (χ0v) is 16.6. The normalized spacial score (nSPS) is 20.9. The Balaban J connectivity index is 1.54. The van der Waals surface area contributed by atoms with E-state index in [0.717, 1.165) is 37.9 Å². The SMILES string of the molecule is COc1ccc(CCN2CC(C(=O)N3CCC(C)CC3)CC2=O)cc1OC. The van der Waals surface area contributed by atoms with Gasteiger partial charge in [0, 0.05) is 32.6 Å². The molecule has 1 aromatic carbocycles. The molecule has 1 atom stereocenters. The van der Waals surface area contributed by atoms with Gasteiger partial charge in [-0.05, 0) is 42.9 Å². The number of carbonyl (C=O) groups is 2. The highest BCUT2D eigenvalue weighted by Crippen LogP contribution is 2.28. The Morgan fingerprint density at radius 3 is 2.52 bits per heavy atom. The predicted molar refractivity (Wildman–Crippen MR) is 103 cm³/mol. The third-order valence-electron chi connectivity index (χ3n) is 5.78. The van der Waals surface area contributed by atoms with Crippen LogP contribution in [0.3, 0.4) is 0 Å². The van der Waals surface area contributed by atoms with Gasteiger partial charge in [-0.1, -0.05) is 13.0 Å². The van der Waals surface area contributed by atoms with Gasteiger partial charge < -0.3 is 19.3 Å². The largest absolute Gasteiger partial charge is 0.493 e. The minimum absolute atomic E-state index is 0.0826. The summed E-state index contributed by atoms with van der Waals surface area (Å²) in [6.07, 6.45) is 3.20. The first kappa shape index (κ1) is 19.5. The average Bonchev–Trinajstić information content (AvgIpc) is 3.06. The topological polar surface area (TPSA) is 59.1 Å². The van der Waals surface area contributed by atoms with E-state index in [-0.39, 0.29) is 17.7 Å². The van der Waals surface area contributed by atoms with Gasteiger partial charge in [-0.25, -0.2) is 0 Å². The third-order valence-corrected chi connectivity index (χ3v) is 5.78. The highest BCUT2D eigenvalue weighted by atomic mass is 16.5. The molecule has 1 aromatic rings. The second kappa shape index (κ2) is 8.63. The lowest BCUT2D eigenvalue weighted by atomic mass is 9.97. The molecule has 0 spiro atoms. The van der Waals surface area contributed by atoms with Crippen LogP contribution >= 0.6 is 0 Å². The fraction of sp³-hybridized carbons (Fsp3) is 0.619. The van der Waals surface area contributed by atoms with Gasteiger partial charge in [0.25, 0.3) is 0 Å². The highest BCUT2D eigenvalue weighted by Gasteiger charge is 2.36. The van der Waals surface area contributed by atoms with E-state index in [0.29, 0.717) is 36.9 Å². The first-order valence-corrected chi connectivity index (χ1v) is 9.79. The van der Waals surface area contributed by atoms with Crippen molar-refractivity contribution < 1.29 is 19.1 Å². The maximum Gasteiger partial charge on any atom is 0.227 e. The highest BCUT2D eigenvalue weighted by molar-refractivity contribution is 5.89. The minimum Gasteiger partial charge on any atom is -0.493 e. The van der Waals surface area contributed by atoms with Crippen molar-refractivity contribution in [2.75, 3.05) is 40.4 Å². The molecule has 3 rings (SSSR count). The van der Waals surface area contributed by atoms with Crippen LogP contribution in [-0.2, 0) is 16.0 Å². The molecule has 0 bridgehead atoms. The van der Waals surface area contributed by atoms with E-state index >= 15 is 0 Å². The van der Waals surface area contributed by atoms with Gasteiger partial charge >= 0.3 is 0 Å². The van der Waals surface area contributed by atoms with Gasteiger partial charge in [0.1, 0.15) is 0 Å². The first-order valence-electron chi connectivity index (χ1n) is 9.79. The Bertz CT molecular complexity index is 683. The fourth-order valence-corrected chi connectivity index (χ4v) is 3.94. The Kier molecular flexibility index (Phi) is 6.24. The number of benzene rings is 1. The molecule has 6 nitrogen and oxygen atoms in total. The molecule has 2 aliphatic heterocycles. The molecule has 2 amide bonds. The van der Waals surface area contributed by atoms with Crippen molar-refractivity contribution in [3.05, 3.63) is 23.8 Å². The number of methoxy groups -OCH3 is 2. The second-order valence-corrected chi connectivity index (χ2v) is 7.69. The van der Waals surface area contributed by atoms with Crippen molar-refractivity contribution in [3.63, 3.8) is 0 Å². The number of nitrogens with zero attached hydrogens (tertiary/aromatic N) is 2.